The van der Waals surface area contributed by atoms with Gasteiger partial charge in [0.25, 0.3) is 0 Å². The van der Waals surface area contributed by atoms with Crippen LogP contribution in [0.2, 0.25) is 5.02 Å². The fraction of sp³-hybridized carbons (Fsp3) is 0.259. The van der Waals surface area contributed by atoms with Gasteiger partial charge >= 0.3 is 0 Å². The van der Waals surface area contributed by atoms with E-state index in [9.17, 15) is 9.59 Å². The van der Waals surface area contributed by atoms with Crippen molar-refractivity contribution in [1.29, 1.82) is 0 Å². The van der Waals surface area contributed by atoms with E-state index in [4.69, 9.17) is 11.6 Å². The summed E-state index contributed by atoms with van der Waals surface area (Å²) in [5.41, 5.74) is 3.04. The van der Waals surface area contributed by atoms with E-state index in [1.807, 2.05) is 79.7 Å². The molecule has 34 heavy (non-hydrogen) atoms. The van der Waals surface area contributed by atoms with Gasteiger partial charge in [0, 0.05) is 34.8 Å². The smallest absolute Gasteiger partial charge is 0.243 e. The lowest BCUT2D eigenvalue weighted by atomic mass is 10.0. The van der Waals surface area contributed by atoms with E-state index >= 15 is 0 Å². The van der Waals surface area contributed by atoms with Crippen LogP contribution < -0.4 is 5.32 Å². The zero-order valence-electron chi connectivity index (χ0n) is 19.0. The summed E-state index contributed by atoms with van der Waals surface area (Å²) in [7, 11) is 0. The molecule has 7 heteroatoms. The zero-order chi connectivity index (χ0) is 24.3. The van der Waals surface area contributed by atoms with Crippen molar-refractivity contribution in [3.8, 4) is 0 Å². The summed E-state index contributed by atoms with van der Waals surface area (Å²) in [6, 6.07) is 24.7. The number of carbonyl (C=O) groups is 2. The predicted molar refractivity (Wildman–Crippen MR) is 145 cm³/mol. The zero-order valence-corrected chi connectivity index (χ0v) is 22.2. The topological polar surface area (TPSA) is 49.4 Å². The highest BCUT2D eigenvalue weighted by atomic mass is 79.9. The monoisotopic (exact) mass is 558 g/mol. The normalized spacial score (nSPS) is 11.6. The Hall–Kier alpha value is -2.28. The number of rotatable bonds is 11. The molecule has 0 saturated heterocycles. The number of hydrogen-bond acceptors (Lipinski definition) is 3. The van der Waals surface area contributed by atoms with Crippen molar-refractivity contribution >= 4 is 51.1 Å². The van der Waals surface area contributed by atoms with Crippen molar-refractivity contribution in [1.82, 2.24) is 10.2 Å². The molecule has 0 saturated carbocycles. The molecule has 0 aliphatic heterocycles. The Morgan fingerprint density at radius 1 is 0.971 bits per heavy atom. The molecule has 0 aromatic heterocycles. The fourth-order valence-corrected chi connectivity index (χ4v) is 4.95. The van der Waals surface area contributed by atoms with Gasteiger partial charge in [-0.1, -0.05) is 82.1 Å². The third-order valence-electron chi connectivity index (χ3n) is 5.27. The molecule has 0 spiro atoms. The summed E-state index contributed by atoms with van der Waals surface area (Å²) in [6.07, 6.45) is 0.441. The van der Waals surface area contributed by atoms with Crippen LogP contribution in [0.4, 0.5) is 0 Å². The second-order valence-electron chi connectivity index (χ2n) is 7.87. The van der Waals surface area contributed by atoms with Gasteiger partial charge in [-0.3, -0.25) is 9.59 Å². The average Bonchev–Trinajstić information content (AvgIpc) is 2.83. The number of nitrogens with one attached hydrogen (secondary N) is 1. The first-order chi connectivity index (χ1) is 16.5. The summed E-state index contributed by atoms with van der Waals surface area (Å²) < 4.78 is 1.02. The molecule has 3 aromatic rings. The summed E-state index contributed by atoms with van der Waals surface area (Å²) in [6.45, 7) is 2.70. The van der Waals surface area contributed by atoms with E-state index in [0.717, 1.165) is 21.2 Å². The molecular weight excluding hydrogens is 532 g/mol. The molecule has 1 N–H and O–H groups in total. The van der Waals surface area contributed by atoms with Gasteiger partial charge in [0.15, 0.2) is 0 Å². The molecule has 4 nitrogen and oxygen atoms in total. The molecule has 0 heterocycles. The molecule has 2 amide bonds. The maximum Gasteiger partial charge on any atom is 0.243 e. The van der Waals surface area contributed by atoms with Crippen LogP contribution in [-0.4, -0.2) is 35.1 Å². The summed E-state index contributed by atoms with van der Waals surface area (Å²) in [4.78, 5) is 28.3. The number of nitrogens with zero attached hydrogens (tertiary/aromatic N) is 1. The number of thioether (sulfide) groups is 1. The predicted octanol–water partition coefficient (Wildman–Crippen LogP) is 6.11. The van der Waals surface area contributed by atoms with Crippen LogP contribution in [0.25, 0.3) is 0 Å². The second kappa shape index (κ2) is 13.6. The van der Waals surface area contributed by atoms with Gasteiger partial charge in [0.05, 0.1) is 5.75 Å². The molecule has 3 aromatic carbocycles. The molecule has 0 radical (unpaired) electrons. The van der Waals surface area contributed by atoms with Gasteiger partial charge in [-0.25, -0.2) is 0 Å². The van der Waals surface area contributed by atoms with E-state index in [1.165, 1.54) is 0 Å². The third kappa shape index (κ3) is 8.19. The van der Waals surface area contributed by atoms with Crippen LogP contribution in [-0.2, 0) is 28.3 Å². The third-order valence-corrected chi connectivity index (χ3v) is 7.02. The van der Waals surface area contributed by atoms with Crippen LogP contribution in [0, 0.1) is 0 Å². The number of hydrogen-bond donors (Lipinski definition) is 1. The van der Waals surface area contributed by atoms with Gasteiger partial charge in [-0.05, 0) is 47.9 Å². The van der Waals surface area contributed by atoms with Crippen LogP contribution in [0.15, 0.2) is 83.3 Å². The molecular formula is C27H28BrClN2O2S. The van der Waals surface area contributed by atoms with E-state index < -0.39 is 6.04 Å². The van der Waals surface area contributed by atoms with Crippen LogP contribution in [0.5, 0.6) is 0 Å². The minimum absolute atomic E-state index is 0.0747. The molecule has 0 bridgehead atoms. The lowest BCUT2D eigenvalue weighted by Gasteiger charge is -2.31. The average molecular weight is 560 g/mol. The highest BCUT2D eigenvalue weighted by Crippen LogP contribution is 2.20. The minimum Gasteiger partial charge on any atom is -0.355 e. The van der Waals surface area contributed by atoms with Crippen molar-refractivity contribution in [3.63, 3.8) is 0 Å². The van der Waals surface area contributed by atoms with Crippen molar-refractivity contribution in [3.05, 3.63) is 105 Å². The number of likely N-dealkylation sites (N-methyl/N-ethyl adjacent to an activating group) is 1. The van der Waals surface area contributed by atoms with Crippen LogP contribution >= 0.6 is 39.3 Å². The van der Waals surface area contributed by atoms with Crippen LogP contribution in [0.3, 0.4) is 0 Å². The van der Waals surface area contributed by atoms with Gasteiger partial charge < -0.3 is 10.2 Å². The molecule has 0 aliphatic rings. The van der Waals surface area contributed by atoms with Crippen LogP contribution in [0.1, 0.15) is 23.6 Å². The fourth-order valence-electron chi connectivity index (χ4n) is 3.60. The van der Waals surface area contributed by atoms with Crippen molar-refractivity contribution in [2.75, 3.05) is 12.3 Å². The van der Waals surface area contributed by atoms with Gasteiger partial charge in [0.1, 0.15) is 6.04 Å². The van der Waals surface area contributed by atoms with E-state index in [-0.39, 0.29) is 17.6 Å². The maximum absolute atomic E-state index is 13.5. The number of carbonyl (C=O) groups excluding carboxylic acids is 2. The molecule has 3 rings (SSSR count). The summed E-state index contributed by atoms with van der Waals surface area (Å²) in [5, 5.41) is 3.52. The quantitative estimate of drug-likeness (QED) is 0.308. The Bertz CT molecular complexity index is 1080. The first-order valence-corrected chi connectivity index (χ1v) is 13.5. The SMILES string of the molecule is CCNC(=O)[C@H](Cc1ccccc1)N(Cc1cccc(Cl)c1)C(=O)CSCc1ccc(Br)cc1. The van der Waals surface area contributed by atoms with Crippen molar-refractivity contribution in [2.24, 2.45) is 0 Å². The Labute approximate surface area is 219 Å². The van der Waals surface area contributed by atoms with E-state index in [2.05, 4.69) is 21.2 Å². The van der Waals surface area contributed by atoms with Gasteiger partial charge in [0.2, 0.25) is 11.8 Å². The Kier molecular flexibility index (Phi) is 10.5. The lowest BCUT2D eigenvalue weighted by molar-refractivity contribution is -0.139. The molecule has 178 valence electrons. The standard InChI is InChI=1S/C27H28BrClN2O2S/c1-2-30-27(33)25(16-20-7-4-3-5-8-20)31(17-22-9-6-10-24(29)15-22)26(32)19-34-18-21-11-13-23(28)14-12-21/h3-15,25H,2,16-19H2,1H3,(H,30,33)/t25-/m0/s1. The summed E-state index contributed by atoms with van der Waals surface area (Å²) in [5.74, 6) is 0.768. The number of benzene rings is 3. The first kappa shape index (κ1) is 26.3. The number of halogens is 2. The van der Waals surface area contributed by atoms with Crippen molar-refractivity contribution < 1.29 is 9.59 Å². The Morgan fingerprint density at radius 3 is 2.35 bits per heavy atom. The maximum atomic E-state index is 13.5. The molecule has 1 atom stereocenters. The van der Waals surface area contributed by atoms with Gasteiger partial charge in [-0.15, -0.1) is 11.8 Å². The highest BCUT2D eigenvalue weighted by Gasteiger charge is 2.30. The van der Waals surface area contributed by atoms with Crippen molar-refractivity contribution in [2.45, 2.75) is 31.7 Å². The summed E-state index contributed by atoms with van der Waals surface area (Å²) >= 11 is 11.2. The Morgan fingerprint density at radius 2 is 1.68 bits per heavy atom. The minimum atomic E-state index is -0.623. The van der Waals surface area contributed by atoms with E-state index in [0.29, 0.717) is 30.3 Å². The largest absolute Gasteiger partial charge is 0.355 e. The molecule has 0 fully saturated rings. The first-order valence-electron chi connectivity index (χ1n) is 11.1. The molecule has 0 aliphatic carbocycles. The lowest BCUT2D eigenvalue weighted by Crippen LogP contribution is -2.51. The number of amides is 2. The van der Waals surface area contributed by atoms with E-state index in [1.54, 1.807) is 22.7 Å². The van der Waals surface area contributed by atoms with Gasteiger partial charge in [-0.2, -0.15) is 0 Å². The Balaban J connectivity index is 1.81. The molecule has 0 unspecified atom stereocenters. The second-order valence-corrected chi connectivity index (χ2v) is 10.2. The highest BCUT2D eigenvalue weighted by molar-refractivity contribution is 9.10.